The molecule has 8 heteroatoms. The second kappa shape index (κ2) is 7.67. The van der Waals surface area contributed by atoms with Crippen molar-refractivity contribution in [2.24, 2.45) is 5.92 Å². The van der Waals surface area contributed by atoms with Crippen LogP contribution in [0.5, 0.6) is 0 Å². The van der Waals surface area contributed by atoms with Crippen molar-refractivity contribution in [2.75, 3.05) is 6.26 Å². The molecule has 3 N–H and O–H groups in total. The summed E-state index contributed by atoms with van der Waals surface area (Å²) in [5, 5.41) is 9.64. The van der Waals surface area contributed by atoms with Crippen molar-refractivity contribution < 1.29 is 14.3 Å². The van der Waals surface area contributed by atoms with Crippen molar-refractivity contribution >= 4 is 23.6 Å². The third kappa shape index (κ3) is 3.57. The van der Waals surface area contributed by atoms with E-state index in [1.54, 1.807) is 12.4 Å². The Labute approximate surface area is 157 Å². The van der Waals surface area contributed by atoms with Crippen molar-refractivity contribution in [1.82, 2.24) is 20.9 Å². The van der Waals surface area contributed by atoms with Gasteiger partial charge in [-0.3, -0.25) is 15.1 Å². The summed E-state index contributed by atoms with van der Waals surface area (Å²) in [5.41, 5.74) is 1.91. The Hall–Kier alpha value is -2.06. The standard InChI is InChI=1S/C18H24N4O3S/c1-9(2)25-17(24)12-10(3)20-15-14(16(23)22-18(21-15)26-4)13(12)11-5-7-19-8-6-11/h5-9,13-15,18,20-21H,1-4H3,(H,22,23). The fourth-order valence-electron chi connectivity index (χ4n) is 3.51. The third-order valence-electron chi connectivity index (χ3n) is 4.58. The topological polar surface area (TPSA) is 92.4 Å². The molecule has 2 aliphatic rings. The van der Waals surface area contributed by atoms with E-state index in [0.717, 1.165) is 11.3 Å². The van der Waals surface area contributed by atoms with Crippen molar-refractivity contribution in [2.45, 2.75) is 44.5 Å². The summed E-state index contributed by atoms with van der Waals surface area (Å²) < 4.78 is 5.46. The molecule has 3 rings (SSSR count). The number of fused-ring (bicyclic) bond motifs is 1. The van der Waals surface area contributed by atoms with E-state index in [4.69, 9.17) is 4.74 Å². The van der Waals surface area contributed by atoms with Crippen LogP contribution in [0.15, 0.2) is 35.8 Å². The number of hydrogen-bond donors (Lipinski definition) is 3. The normalized spacial score (nSPS) is 28.3. The lowest BCUT2D eigenvalue weighted by Gasteiger charge is -2.45. The average molecular weight is 376 g/mol. The zero-order valence-corrected chi connectivity index (χ0v) is 16.1. The van der Waals surface area contributed by atoms with Crippen LogP contribution in [0.2, 0.25) is 0 Å². The van der Waals surface area contributed by atoms with Gasteiger partial charge in [-0.15, -0.1) is 11.8 Å². The molecule has 1 saturated heterocycles. The number of pyridine rings is 1. The number of rotatable bonds is 4. The molecule has 0 saturated carbocycles. The van der Waals surface area contributed by atoms with Gasteiger partial charge in [-0.25, -0.2) is 4.79 Å². The molecule has 1 amide bonds. The van der Waals surface area contributed by atoms with Crippen molar-refractivity contribution in [3.8, 4) is 0 Å². The Morgan fingerprint density at radius 3 is 2.58 bits per heavy atom. The number of nitrogens with zero attached hydrogens (tertiary/aromatic N) is 1. The molecule has 3 heterocycles. The first-order valence-electron chi connectivity index (χ1n) is 8.59. The molecule has 140 valence electrons. The van der Waals surface area contributed by atoms with Gasteiger partial charge < -0.3 is 15.4 Å². The Bertz CT molecular complexity index is 722. The van der Waals surface area contributed by atoms with Crippen LogP contribution in [-0.4, -0.2) is 40.9 Å². The first kappa shape index (κ1) is 18.7. The minimum Gasteiger partial charge on any atom is -0.460 e. The average Bonchev–Trinajstić information content (AvgIpc) is 2.60. The molecule has 0 aliphatic carbocycles. The van der Waals surface area contributed by atoms with E-state index in [-0.39, 0.29) is 23.7 Å². The zero-order valence-electron chi connectivity index (χ0n) is 15.3. The molecule has 0 spiro atoms. The SMILES string of the molecule is CSC1NC(=O)C2C(NC(C)=C(C(=O)OC(C)C)C2c2ccncc2)N1. The van der Waals surface area contributed by atoms with E-state index in [1.165, 1.54) is 11.8 Å². The van der Waals surface area contributed by atoms with Crippen LogP contribution >= 0.6 is 11.8 Å². The molecule has 4 atom stereocenters. The summed E-state index contributed by atoms with van der Waals surface area (Å²) in [7, 11) is 0. The highest BCUT2D eigenvalue weighted by Crippen LogP contribution is 2.40. The number of ether oxygens (including phenoxy) is 1. The summed E-state index contributed by atoms with van der Waals surface area (Å²) in [6.45, 7) is 5.47. The zero-order chi connectivity index (χ0) is 18.8. The number of aromatic nitrogens is 1. The highest BCUT2D eigenvalue weighted by Gasteiger charge is 2.48. The number of carbonyl (C=O) groups is 2. The third-order valence-corrected chi connectivity index (χ3v) is 5.30. The highest BCUT2D eigenvalue weighted by molar-refractivity contribution is 7.99. The van der Waals surface area contributed by atoms with Crippen LogP contribution in [-0.2, 0) is 14.3 Å². The Morgan fingerprint density at radius 2 is 1.96 bits per heavy atom. The minimum absolute atomic E-state index is 0.0928. The predicted molar refractivity (Wildman–Crippen MR) is 99.9 cm³/mol. The molecular formula is C18H24N4O3S. The van der Waals surface area contributed by atoms with Gasteiger partial charge in [0.1, 0.15) is 5.50 Å². The van der Waals surface area contributed by atoms with Gasteiger partial charge in [0.25, 0.3) is 0 Å². The van der Waals surface area contributed by atoms with E-state index in [9.17, 15) is 9.59 Å². The molecule has 4 unspecified atom stereocenters. The molecule has 1 fully saturated rings. The maximum Gasteiger partial charge on any atom is 0.336 e. The number of thioether (sulfide) groups is 1. The van der Waals surface area contributed by atoms with Crippen LogP contribution in [0, 0.1) is 5.92 Å². The number of hydrogen-bond acceptors (Lipinski definition) is 7. The van der Waals surface area contributed by atoms with Crippen molar-refractivity contribution in [3.63, 3.8) is 0 Å². The maximum absolute atomic E-state index is 12.9. The number of carbonyl (C=O) groups excluding carboxylic acids is 2. The molecule has 2 aliphatic heterocycles. The molecule has 0 aromatic carbocycles. The molecule has 0 radical (unpaired) electrons. The van der Waals surface area contributed by atoms with E-state index in [0.29, 0.717) is 5.57 Å². The Morgan fingerprint density at radius 1 is 1.27 bits per heavy atom. The Balaban J connectivity index is 2.07. The molecule has 1 aromatic heterocycles. The monoisotopic (exact) mass is 376 g/mol. The van der Waals surface area contributed by atoms with Crippen LogP contribution in [0.4, 0.5) is 0 Å². The molecule has 7 nitrogen and oxygen atoms in total. The fourth-order valence-corrected chi connectivity index (χ4v) is 4.03. The van der Waals surface area contributed by atoms with Gasteiger partial charge in [0.2, 0.25) is 5.91 Å². The van der Waals surface area contributed by atoms with Gasteiger partial charge in [-0.1, -0.05) is 0 Å². The number of allylic oxidation sites excluding steroid dienone is 1. The van der Waals surface area contributed by atoms with Crippen LogP contribution < -0.4 is 16.0 Å². The van der Waals surface area contributed by atoms with Crippen LogP contribution in [0.25, 0.3) is 0 Å². The van der Waals surface area contributed by atoms with Crippen molar-refractivity contribution in [1.29, 1.82) is 0 Å². The lowest BCUT2D eigenvalue weighted by Crippen LogP contribution is -2.67. The molecule has 0 bridgehead atoms. The lowest BCUT2D eigenvalue weighted by atomic mass is 9.74. The minimum atomic E-state index is -0.473. The van der Waals surface area contributed by atoms with Crippen LogP contribution in [0.1, 0.15) is 32.3 Å². The summed E-state index contributed by atoms with van der Waals surface area (Å²) >= 11 is 1.52. The second-order valence-electron chi connectivity index (χ2n) is 6.69. The van der Waals surface area contributed by atoms with Crippen molar-refractivity contribution in [3.05, 3.63) is 41.4 Å². The quantitative estimate of drug-likeness (QED) is 0.682. The number of esters is 1. The number of amides is 1. The fraction of sp³-hybridized carbons (Fsp3) is 0.500. The largest absolute Gasteiger partial charge is 0.460 e. The van der Waals surface area contributed by atoms with E-state index in [1.807, 2.05) is 39.2 Å². The molecular weight excluding hydrogens is 352 g/mol. The van der Waals surface area contributed by atoms with Gasteiger partial charge in [0.05, 0.1) is 23.8 Å². The van der Waals surface area contributed by atoms with Gasteiger partial charge in [-0.05, 0) is 44.7 Å². The highest BCUT2D eigenvalue weighted by atomic mass is 32.2. The van der Waals surface area contributed by atoms with Gasteiger partial charge in [0.15, 0.2) is 0 Å². The Kier molecular flexibility index (Phi) is 5.52. The van der Waals surface area contributed by atoms with E-state index < -0.39 is 17.8 Å². The summed E-state index contributed by atoms with van der Waals surface area (Å²) in [5.74, 6) is -1.38. The first-order chi connectivity index (χ1) is 12.4. The summed E-state index contributed by atoms with van der Waals surface area (Å²) in [4.78, 5) is 29.8. The predicted octanol–water partition coefficient (Wildman–Crippen LogP) is 1.30. The number of nitrogens with one attached hydrogen (secondary N) is 3. The first-order valence-corrected chi connectivity index (χ1v) is 9.88. The van der Waals surface area contributed by atoms with E-state index in [2.05, 4.69) is 20.9 Å². The maximum atomic E-state index is 12.9. The van der Waals surface area contributed by atoms with Gasteiger partial charge in [-0.2, -0.15) is 0 Å². The molecule has 1 aromatic rings. The van der Waals surface area contributed by atoms with E-state index >= 15 is 0 Å². The summed E-state index contributed by atoms with van der Waals surface area (Å²) in [6.07, 6.45) is 4.76. The van der Waals surface area contributed by atoms with Gasteiger partial charge in [0, 0.05) is 24.0 Å². The van der Waals surface area contributed by atoms with Crippen LogP contribution in [0.3, 0.4) is 0 Å². The second-order valence-corrected chi connectivity index (χ2v) is 7.63. The lowest BCUT2D eigenvalue weighted by molar-refractivity contribution is -0.143. The summed E-state index contributed by atoms with van der Waals surface area (Å²) in [6, 6.07) is 3.69. The molecule has 26 heavy (non-hydrogen) atoms. The van der Waals surface area contributed by atoms with Gasteiger partial charge >= 0.3 is 5.97 Å². The smallest absolute Gasteiger partial charge is 0.336 e.